The number of rotatable bonds is 2. The number of hydrogen-bond acceptors (Lipinski definition) is 4. The summed E-state index contributed by atoms with van der Waals surface area (Å²) in [5.41, 5.74) is 9.01. The highest BCUT2D eigenvalue weighted by molar-refractivity contribution is 5.59. The lowest BCUT2D eigenvalue weighted by Gasteiger charge is -2.01. The smallest absolute Gasteiger partial charge is 0.243 e. The zero-order valence-electron chi connectivity index (χ0n) is 9.69. The van der Waals surface area contributed by atoms with Gasteiger partial charge in [-0.1, -0.05) is 28.9 Å². The van der Waals surface area contributed by atoms with Gasteiger partial charge in [0.15, 0.2) is 0 Å². The Bertz CT molecular complexity index is 503. The standard InChI is InChI=1S/C12H15N3O/c1-7-4-5-10(8(2)6-7)11-14-12(9(3)13)16-15-11/h4-6,9H,13H2,1-3H3/t9-/m1/s1. The summed E-state index contributed by atoms with van der Waals surface area (Å²) in [4.78, 5) is 4.27. The second kappa shape index (κ2) is 4.06. The van der Waals surface area contributed by atoms with Gasteiger partial charge in [-0.2, -0.15) is 4.98 Å². The fraction of sp³-hybridized carbons (Fsp3) is 0.333. The minimum Gasteiger partial charge on any atom is -0.337 e. The van der Waals surface area contributed by atoms with Crippen LogP contribution in [0.15, 0.2) is 22.7 Å². The molecule has 2 aromatic rings. The number of nitrogens with zero attached hydrogens (tertiary/aromatic N) is 2. The Kier molecular flexibility index (Phi) is 2.75. The molecule has 0 aliphatic rings. The van der Waals surface area contributed by atoms with E-state index in [0.717, 1.165) is 11.1 Å². The van der Waals surface area contributed by atoms with Gasteiger partial charge in [0.05, 0.1) is 6.04 Å². The third kappa shape index (κ3) is 1.97. The van der Waals surface area contributed by atoms with E-state index in [0.29, 0.717) is 11.7 Å². The van der Waals surface area contributed by atoms with Crippen LogP contribution in [-0.4, -0.2) is 10.1 Å². The van der Waals surface area contributed by atoms with Crippen molar-refractivity contribution < 1.29 is 4.52 Å². The molecule has 2 N–H and O–H groups in total. The lowest BCUT2D eigenvalue weighted by Crippen LogP contribution is -2.04. The van der Waals surface area contributed by atoms with Crippen molar-refractivity contribution >= 4 is 0 Å². The average Bonchev–Trinajstić information content (AvgIpc) is 2.66. The van der Waals surface area contributed by atoms with Crippen LogP contribution in [0.25, 0.3) is 11.4 Å². The first kappa shape index (κ1) is 10.8. The van der Waals surface area contributed by atoms with Crippen LogP contribution in [0.5, 0.6) is 0 Å². The highest BCUT2D eigenvalue weighted by atomic mass is 16.5. The van der Waals surface area contributed by atoms with Crippen molar-refractivity contribution in [3.63, 3.8) is 0 Å². The van der Waals surface area contributed by atoms with Gasteiger partial charge >= 0.3 is 0 Å². The van der Waals surface area contributed by atoms with E-state index in [9.17, 15) is 0 Å². The maximum absolute atomic E-state index is 5.67. The van der Waals surface area contributed by atoms with Crippen LogP contribution >= 0.6 is 0 Å². The van der Waals surface area contributed by atoms with Crippen LogP contribution < -0.4 is 5.73 Å². The van der Waals surface area contributed by atoms with Gasteiger partial charge in [-0.05, 0) is 26.3 Å². The van der Waals surface area contributed by atoms with Crippen LogP contribution in [0.3, 0.4) is 0 Å². The van der Waals surface area contributed by atoms with Crippen LogP contribution in [0.2, 0.25) is 0 Å². The molecule has 1 heterocycles. The third-order valence-electron chi connectivity index (χ3n) is 2.45. The number of nitrogens with two attached hydrogens (primary N) is 1. The molecule has 2 rings (SSSR count). The summed E-state index contributed by atoms with van der Waals surface area (Å²) < 4.78 is 5.08. The molecule has 1 aromatic heterocycles. The van der Waals surface area contributed by atoms with Gasteiger partial charge in [0.1, 0.15) is 0 Å². The minimum atomic E-state index is -0.230. The Morgan fingerprint density at radius 2 is 2.06 bits per heavy atom. The predicted molar refractivity (Wildman–Crippen MR) is 61.8 cm³/mol. The van der Waals surface area contributed by atoms with E-state index >= 15 is 0 Å². The monoisotopic (exact) mass is 217 g/mol. The molecule has 4 nitrogen and oxygen atoms in total. The van der Waals surface area contributed by atoms with E-state index in [1.807, 2.05) is 26.0 Å². The SMILES string of the molecule is Cc1ccc(-c2noc([C@@H](C)N)n2)c(C)c1. The molecule has 0 spiro atoms. The predicted octanol–water partition coefficient (Wildman–Crippen LogP) is 2.37. The molecule has 16 heavy (non-hydrogen) atoms. The van der Waals surface area contributed by atoms with Crippen molar-refractivity contribution in [2.45, 2.75) is 26.8 Å². The molecule has 0 saturated heterocycles. The molecular weight excluding hydrogens is 202 g/mol. The third-order valence-corrected chi connectivity index (χ3v) is 2.45. The highest BCUT2D eigenvalue weighted by Crippen LogP contribution is 2.22. The van der Waals surface area contributed by atoms with Crippen molar-refractivity contribution in [3.05, 3.63) is 35.2 Å². The molecule has 1 aromatic carbocycles. The summed E-state index contributed by atoms with van der Waals surface area (Å²) in [6.07, 6.45) is 0. The lowest BCUT2D eigenvalue weighted by molar-refractivity contribution is 0.362. The van der Waals surface area contributed by atoms with E-state index in [1.165, 1.54) is 5.56 Å². The molecule has 0 radical (unpaired) electrons. The first-order chi connectivity index (χ1) is 7.58. The summed E-state index contributed by atoms with van der Waals surface area (Å²) in [6, 6.07) is 5.90. The molecule has 0 saturated carbocycles. The van der Waals surface area contributed by atoms with Crippen LogP contribution in [-0.2, 0) is 0 Å². The summed E-state index contributed by atoms with van der Waals surface area (Å²) in [5, 5.41) is 3.93. The van der Waals surface area contributed by atoms with Crippen molar-refractivity contribution in [3.8, 4) is 11.4 Å². The first-order valence-corrected chi connectivity index (χ1v) is 5.24. The van der Waals surface area contributed by atoms with E-state index in [4.69, 9.17) is 10.3 Å². The number of benzene rings is 1. The fourth-order valence-corrected chi connectivity index (χ4v) is 1.59. The minimum absolute atomic E-state index is 0.230. The van der Waals surface area contributed by atoms with Crippen molar-refractivity contribution in [1.82, 2.24) is 10.1 Å². The summed E-state index contributed by atoms with van der Waals surface area (Å²) in [7, 11) is 0. The second-order valence-electron chi connectivity index (χ2n) is 4.06. The summed E-state index contributed by atoms with van der Waals surface area (Å²) in [5.74, 6) is 1.07. The molecule has 0 unspecified atom stereocenters. The van der Waals surface area contributed by atoms with Gasteiger partial charge in [0, 0.05) is 5.56 Å². The molecule has 0 aliphatic heterocycles. The molecule has 1 atom stereocenters. The van der Waals surface area contributed by atoms with Gasteiger partial charge in [-0.3, -0.25) is 0 Å². The van der Waals surface area contributed by atoms with Gasteiger partial charge in [-0.25, -0.2) is 0 Å². The molecule has 0 aliphatic carbocycles. The Morgan fingerprint density at radius 3 is 2.62 bits per heavy atom. The quantitative estimate of drug-likeness (QED) is 0.838. The van der Waals surface area contributed by atoms with Gasteiger partial charge in [0.2, 0.25) is 11.7 Å². The summed E-state index contributed by atoms with van der Waals surface area (Å²) in [6.45, 7) is 5.91. The maximum Gasteiger partial charge on any atom is 0.243 e. The molecule has 84 valence electrons. The normalized spacial score (nSPS) is 12.8. The number of aryl methyl sites for hydroxylation is 2. The van der Waals surface area contributed by atoms with Gasteiger partial charge in [-0.15, -0.1) is 0 Å². The van der Waals surface area contributed by atoms with Gasteiger partial charge < -0.3 is 10.3 Å². The van der Waals surface area contributed by atoms with Crippen LogP contribution in [0, 0.1) is 13.8 Å². The second-order valence-corrected chi connectivity index (χ2v) is 4.06. The largest absolute Gasteiger partial charge is 0.337 e. The van der Waals surface area contributed by atoms with E-state index in [1.54, 1.807) is 0 Å². The Balaban J connectivity index is 2.42. The van der Waals surface area contributed by atoms with E-state index in [2.05, 4.69) is 23.1 Å². The molecule has 0 amide bonds. The number of hydrogen-bond donors (Lipinski definition) is 1. The lowest BCUT2D eigenvalue weighted by atomic mass is 10.1. The molecule has 0 bridgehead atoms. The van der Waals surface area contributed by atoms with E-state index < -0.39 is 0 Å². The average molecular weight is 217 g/mol. The summed E-state index contributed by atoms with van der Waals surface area (Å²) >= 11 is 0. The van der Waals surface area contributed by atoms with Crippen LogP contribution in [0.1, 0.15) is 30.0 Å². The van der Waals surface area contributed by atoms with Gasteiger partial charge in [0.25, 0.3) is 0 Å². The molecular formula is C12H15N3O. The van der Waals surface area contributed by atoms with Crippen molar-refractivity contribution in [1.29, 1.82) is 0 Å². The maximum atomic E-state index is 5.67. The highest BCUT2D eigenvalue weighted by Gasteiger charge is 2.13. The van der Waals surface area contributed by atoms with Crippen molar-refractivity contribution in [2.75, 3.05) is 0 Å². The van der Waals surface area contributed by atoms with Crippen molar-refractivity contribution in [2.24, 2.45) is 5.73 Å². The number of aromatic nitrogens is 2. The Morgan fingerprint density at radius 1 is 1.31 bits per heavy atom. The van der Waals surface area contributed by atoms with E-state index in [-0.39, 0.29) is 6.04 Å². The zero-order chi connectivity index (χ0) is 11.7. The Labute approximate surface area is 94.5 Å². The fourth-order valence-electron chi connectivity index (χ4n) is 1.59. The molecule has 4 heteroatoms. The Hall–Kier alpha value is -1.68. The first-order valence-electron chi connectivity index (χ1n) is 5.24. The molecule has 0 fully saturated rings. The zero-order valence-corrected chi connectivity index (χ0v) is 9.69. The van der Waals surface area contributed by atoms with Crippen LogP contribution in [0.4, 0.5) is 0 Å². The topological polar surface area (TPSA) is 64.9 Å².